The second kappa shape index (κ2) is 42.6. The zero-order chi connectivity index (χ0) is 45.1. The average molecular weight is 877 g/mol. The maximum Gasteiger partial charge on any atom is 0.306 e. The van der Waals surface area contributed by atoms with Crippen molar-refractivity contribution < 1.29 is 49.0 Å². The minimum atomic E-state index is -1.60. The van der Waals surface area contributed by atoms with Crippen LogP contribution in [0.15, 0.2) is 48.6 Å². The molecule has 1 aliphatic rings. The summed E-state index contributed by atoms with van der Waals surface area (Å²) >= 11 is 0. The maximum absolute atomic E-state index is 12.8. The first-order valence-corrected chi connectivity index (χ1v) is 25.2. The van der Waals surface area contributed by atoms with Crippen LogP contribution in [0.3, 0.4) is 0 Å². The number of carbonyl (C=O) groups excluding carboxylic acids is 2. The molecule has 0 aromatic rings. The van der Waals surface area contributed by atoms with Gasteiger partial charge in [0.25, 0.3) is 0 Å². The summed E-state index contributed by atoms with van der Waals surface area (Å²) in [5, 5.41) is 40.2. The molecule has 0 spiro atoms. The fraction of sp³-hybridized carbons (Fsp3) is 0.808. The molecule has 0 aromatic heterocycles. The lowest BCUT2D eigenvalue weighted by Gasteiger charge is -2.39. The molecule has 10 heteroatoms. The van der Waals surface area contributed by atoms with Gasteiger partial charge in [-0.1, -0.05) is 172 Å². The number of hydrogen-bond acceptors (Lipinski definition) is 10. The van der Waals surface area contributed by atoms with Gasteiger partial charge in [0.1, 0.15) is 31.0 Å². The van der Waals surface area contributed by atoms with Crippen LogP contribution in [-0.4, -0.2) is 89.0 Å². The van der Waals surface area contributed by atoms with Crippen LogP contribution < -0.4 is 0 Å². The summed E-state index contributed by atoms with van der Waals surface area (Å²) in [6, 6.07) is 0. The number of aliphatic hydroxyl groups excluding tert-OH is 4. The summed E-state index contributed by atoms with van der Waals surface area (Å²) < 4.78 is 22.2. The Labute approximate surface area is 378 Å². The minimum Gasteiger partial charge on any atom is -0.462 e. The minimum absolute atomic E-state index is 0.214. The number of hydrogen-bond donors (Lipinski definition) is 4. The Kier molecular flexibility index (Phi) is 39.6. The van der Waals surface area contributed by atoms with E-state index in [2.05, 4.69) is 62.5 Å². The van der Waals surface area contributed by atoms with Crippen molar-refractivity contribution in [1.82, 2.24) is 0 Å². The van der Waals surface area contributed by atoms with Crippen LogP contribution >= 0.6 is 0 Å². The summed E-state index contributed by atoms with van der Waals surface area (Å²) in [5.74, 6) is -0.823. The van der Waals surface area contributed by atoms with Crippen molar-refractivity contribution in [3.05, 3.63) is 48.6 Å². The first kappa shape index (κ1) is 57.7. The van der Waals surface area contributed by atoms with Gasteiger partial charge in [-0.05, 0) is 77.0 Å². The number of ether oxygens (including phenoxy) is 4. The molecule has 6 atom stereocenters. The van der Waals surface area contributed by atoms with Crippen LogP contribution in [0.4, 0.5) is 0 Å². The molecule has 0 amide bonds. The van der Waals surface area contributed by atoms with Crippen LogP contribution in [0.1, 0.15) is 213 Å². The van der Waals surface area contributed by atoms with Gasteiger partial charge in [-0.25, -0.2) is 0 Å². The number of carbonyl (C=O) groups is 2. The molecule has 0 bridgehead atoms. The highest BCUT2D eigenvalue weighted by Gasteiger charge is 2.44. The number of esters is 2. The second-order valence-electron chi connectivity index (χ2n) is 17.3. The quantitative estimate of drug-likeness (QED) is 0.0265. The van der Waals surface area contributed by atoms with Crippen LogP contribution in [0, 0.1) is 0 Å². The summed E-state index contributed by atoms with van der Waals surface area (Å²) in [7, 11) is 0. The van der Waals surface area contributed by atoms with Gasteiger partial charge in [0.2, 0.25) is 0 Å². The molecule has 1 saturated heterocycles. The van der Waals surface area contributed by atoms with E-state index in [0.717, 1.165) is 83.5 Å². The van der Waals surface area contributed by atoms with E-state index in [1.54, 1.807) is 0 Å². The van der Waals surface area contributed by atoms with Crippen molar-refractivity contribution in [2.24, 2.45) is 0 Å². The van der Waals surface area contributed by atoms with E-state index in [1.807, 2.05) is 0 Å². The highest BCUT2D eigenvalue weighted by molar-refractivity contribution is 5.70. The third kappa shape index (κ3) is 33.2. The number of aliphatic hydroxyl groups is 4. The molecule has 4 N–H and O–H groups in total. The SMILES string of the molecule is CCCCC/C=C\C/C=C\C/C=C\CCCCCCCCC(=O)OC(COC(=O)CCCCCCCCC/C=C\CCCCCCCCC)COC1OC(CO)C(O)C(O)C1O. The predicted molar refractivity (Wildman–Crippen MR) is 252 cm³/mol. The molecule has 1 rings (SSSR count). The Morgan fingerprint density at radius 2 is 0.903 bits per heavy atom. The zero-order valence-electron chi connectivity index (χ0n) is 39.4. The first-order chi connectivity index (χ1) is 30.3. The number of rotatable bonds is 42. The van der Waals surface area contributed by atoms with Crippen molar-refractivity contribution in [2.75, 3.05) is 19.8 Å². The molecule has 1 heterocycles. The Morgan fingerprint density at radius 3 is 1.40 bits per heavy atom. The summed E-state index contributed by atoms with van der Waals surface area (Å²) in [5.41, 5.74) is 0. The summed E-state index contributed by atoms with van der Waals surface area (Å²) in [6.07, 6.45) is 43.9. The van der Waals surface area contributed by atoms with Crippen molar-refractivity contribution in [3.8, 4) is 0 Å². The van der Waals surface area contributed by atoms with Crippen molar-refractivity contribution in [1.29, 1.82) is 0 Å². The van der Waals surface area contributed by atoms with Gasteiger partial charge >= 0.3 is 11.9 Å². The second-order valence-corrected chi connectivity index (χ2v) is 17.3. The average Bonchev–Trinajstić information content (AvgIpc) is 3.27. The molecular formula is C52H92O10. The molecule has 1 fully saturated rings. The molecule has 0 saturated carbocycles. The molecule has 62 heavy (non-hydrogen) atoms. The van der Waals surface area contributed by atoms with Gasteiger partial charge in [0.15, 0.2) is 12.4 Å². The fourth-order valence-electron chi connectivity index (χ4n) is 7.43. The van der Waals surface area contributed by atoms with Crippen LogP contribution in [0.5, 0.6) is 0 Å². The van der Waals surface area contributed by atoms with E-state index in [9.17, 15) is 30.0 Å². The lowest BCUT2D eigenvalue weighted by Crippen LogP contribution is -2.59. The van der Waals surface area contributed by atoms with E-state index >= 15 is 0 Å². The fourth-order valence-corrected chi connectivity index (χ4v) is 7.43. The molecule has 6 unspecified atom stereocenters. The van der Waals surface area contributed by atoms with Gasteiger partial charge in [0, 0.05) is 12.8 Å². The highest BCUT2D eigenvalue weighted by Crippen LogP contribution is 2.23. The Morgan fingerprint density at radius 1 is 0.500 bits per heavy atom. The molecule has 10 nitrogen and oxygen atoms in total. The number of allylic oxidation sites excluding steroid dienone is 8. The highest BCUT2D eigenvalue weighted by atomic mass is 16.7. The largest absolute Gasteiger partial charge is 0.462 e. The first-order valence-electron chi connectivity index (χ1n) is 25.2. The van der Waals surface area contributed by atoms with Gasteiger partial charge in [0.05, 0.1) is 13.2 Å². The lowest BCUT2D eigenvalue weighted by atomic mass is 9.99. The van der Waals surface area contributed by atoms with Crippen LogP contribution in [0.25, 0.3) is 0 Å². The van der Waals surface area contributed by atoms with Gasteiger partial charge < -0.3 is 39.4 Å². The topological polar surface area (TPSA) is 152 Å². The molecule has 1 aliphatic heterocycles. The maximum atomic E-state index is 12.8. The van der Waals surface area contributed by atoms with Crippen LogP contribution in [-0.2, 0) is 28.5 Å². The summed E-state index contributed by atoms with van der Waals surface area (Å²) in [6.45, 7) is 3.39. The van der Waals surface area contributed by atoms with E-state index in [-0.39, 0.29) is 32.0 Å². The predicted octanol–water partition coefficient (Wildman–Crippen LogP) is 11.6. The molecule has 0 aliphatic carbocycles. The number of unbranched alkanes of at least 4 members (excludes halogenated alkanes) is 23. The Balaban J connectivity index is 2.29. The van der Waals surface area contributed by atoms with Crippen molar-refractivity contribution >= 4 is 11.9 Å². The zero-order valence-corrected chi connectivity index (χ0v) is 39.4. The standard InChI is InChI=1S/C52H92O10/c1-3-5-7-9-11-13-15-17-19-21-23-25-27-29-31-33-35-37-39-41-48(55)61-45(44-60-52-51(58)50(57)49(56)46(42-53)62-52)43-59-47(54)40-38-36-34-32-30-28-26-24-22-20-18-16-14-12-10-8-6-4-2/h11,13,17,19-20,22-23,25,45-46,49-53,56-58H,3-10,12,14-16,18,21,24,26-44H2,1-2H3/b13-11-,19-17-,22-20-,25-23-. The molecular weight excluding hydrogens is 785 g/mol. The van der Waals surface area contributed by atoms with E-state index in [1.165, 1.54) is 96.3 Å². The van der Waals surface area contributed by atoms with Gasteiger partial charge in [-0.2, -0.15) is 0 Å². The third-order valence-electron chi connectivity index (χ3n) is 11.4. The third-order valence-corrected chi connectivity index (χ3v) is 11.4. The van der Waals surface area contributed by atoms with Gasteiger partial charge in [-0.15, -0.1) is 0 Å². The van der Waals surface area contributed by atoms with E-state index in [0.29, 0.717) is 6.42 Å². The van der Waals surface area contributed by atoms with E-state index < -0.39 is 49.4 Å². The Hall–Kier alpha value is -2.34. The van der Waals surface area contributed by atoms with Crippen molar-refractivity contribution in [3.63, 3.8) is 0 Å². The normalized spacial score (nSPS) is 20.0. The lowest BCUT2D eigenvalue weighted by molar-refractivity contribution is -0.305. The van der Waals surface area contributed by atoms with Crippen LogP contribution in [0.2, 0.25) is 0 Å². The Bertz CT molecular complexity index is 1150. The van der Waals surface area contributed by atoms with Crippen molar-refractivity contribution in [2.45, 2.75) is 250 Å². The molecule has 0 radical (unpaired) electrons. The summed E-state index contributed by atoms with van der Waals surface area (Å²) in [4.78, 5) is 25.4. The smallest absolute Gasteiger partial charge is 0.306 e. The van der Waals surface area contributed by atoms with Gasteiger partial charge in [-0.3, -0.25) is 9.59 Å². The molecule has 0 aromatic carbocycles. The van der Waals surface area contributed by atoms with E-state index in [4.69, 9.17) is 18.9 Å². The monoisotopic (exact) mass is 877 g/mol. The molecule has 360 valence electrons.